The van der Waals surface area contributed by atoms with Gasteiger partial charge in [-0.15, -0.1) is 0 Å². The molecule has 0 radical (unpaired) electrons. The largest absolute Gasteiger partial charge is 0.438 e. The molecule has 0 saturated carbocycles. The van der Waals surface area contributed by atoms with E-state index in [1.54, 1.807) is 0 Å². The van der Waals surface area contributed by atoms with Crippen molar-refractivity contribution in [3.05, 3.63) is 24.1 Å². The van der Waals surface area contributed by atoms with Crippen LogP contribution < -0.4 is 5.73 Å². The molecule has 5 heteroatoms. The summed E-state index contributed by atoms with van der Waals surface area (Å²) in [6.07, 6.45) is 2.49. The number of nitrogen functional groups attached to an aromatic ring is 1. The van der Waals surface area contributed by atoms with Crippen molar-refractivity contribution < 1.29 is 13.9 Å². The second-order valence-electron chi connectivity index (χ2n) is 5.46. The van der Waals surface area contributed by atoms with Crippen molar-refractivity contribution in [1.29, 1.82) is 0 Å². The highest BCUT2D eigenvalue weighted by atomic mass is 16.5. The van der Waals surface area contributed by atoms with Crippen molar-refractivity contribution in [2.24, 2.45) is 0 Å². The van der Waals surface area contributed by atoms with Gasteiger partial charge in [-0.05, 0) is 38.8 Å². The molecule has 1 aromatic carbocycles. The molecule has 0 spiro atoms. The molecule has 2 heterocycles. The Morgan fingerprint density at radius 1 is 1.30 bits per heavy atom. The van der Waals surface area contributed by atoms with Gasteiger partial charge >= 0.3 is 0 Å². The van der Waals surface area contributed by atoms with Gasteiger partial charge in [0, 0.05) is 0 Å². The fraction of sp³-hybridized carbons (Fsp3) is 0.533. The van der Waals surface area contributed by atoms with Crippen LogP contribution in [-0.4, -0.2) is 23.3 Å². The Hall–Kier alpha value is -1.59. The van der Waals surface area contributed by atoms with Gasteiger partial charge in [-0.3, -0.25) is 0 Å². The van der Waals surface area contributed by atoms with Gasteiger partial charge in [-0.1, -0.05) is 6.07 Å². The number of nitrogens with zero attached hydrogens (tertiary/aromatic N) is 1. The van der Waals surface area contributed by atoms with Crippen molar-refractivity contribution in [2.75, 3.05) is 5.73 Å². The number of benzene rings is 1. The summed E-state index contributed by atoms with van der Waals surface area (Å²) in [4.78, 5) is 4.39. The first-order valence-corrected chi connectivity index (χ1v) is 7.03. The highest BCUT2D eigenvalue weighted by molar-refractivity contribution is 5.85. The van der Waals surface area contributed by atoms with Crippen molar-refractivity contribution >= 4 is 16.8 Å². The van der Waals surface area contributed by atoms with Crippen LogP contribution in [0.3, 0.4) is 0 Å². The second-order valence-corrected chi connectivity index (χ2v) is 5.46. The zero-order valence-electron chi connectivity index (χ0n) is 11.8. The normalized spacial score (nSPS) is 27.0. The number of rotatable bonds is 3. The Bertz CT molecular complexity index is 586. The maximum absolute atomic E-state index is 5.90. The fourth-order valence-electron chi connectivity index (χ4n) is 2.75. The Morgan fingerprint density at radius 3 is 2.75 bits per heavy atom. The molecule has 1 fully saturated rings. The highest BCUT2D eigenvalue weighted by Crippen LogP contribution is 2.24. The quantitative estimate of drug-likeness (QED) is 0.873. The average molecular weight is 276 g/mol. The summed E-state index contributed by atoms with van der Waals surface area (Å²) in [6, 6.07) is 5.54. The monoisotopic (exact) mass is 276 g/mol. The minimum absolute atomic E-state index is 0.195. The average Bonchev–Trinajstić information content (AvgIpc) is 2.80. The second kappa shape index (κ2) is 5.42. The first-order chi connectivity index (χ1) is 9.61. The van der Waals surface area contributed by atoms with E-state index in [0.717, 1.165) is 12.8 Å². The summed E-state index contributed by atoms with van der Waals surface area (Å²) >= 11 is 0. The van der Waals surface area contributed by atoms with E-state index in [2.05, 4.69) is 18.8 Å². The van der Waals surface area contributed by atoms with Crippen molar-refractivity contribution in [3.8, 4) is 0 Å². The number of aromatic nitrogens is 1. The topological polar surface area (TPSA) is 70.5 Å². The van der Waals surface area contributed by atoms with E-state index in [1.807, 2.05) is 18.2 Å². The van der Waals surface area contributed by atoms with Gasteiger partial charge in [-0.25, -0.2) is 4.98 Å². The Labute approximate surface area is 118 Å². The van der Waals surface area contributed by atoms with Crippen LogP contribution in [0.2, 0.25) is 0 Å². The first-order valence-electron chi connectivity index (χ1n) is 7.03. The molecule has 3 rings (SSSR count). The number of hydrogen-bond acceptors (Lipinski definition) is 5. The lowest BCUT2D eigenvalue weighted by atomic mass is 10.0. The third kappa shape index (κ3) is 2.78. The van der Waals surface area contributed by atoms with Crippen LogP contribution in [0.5, 0.6) is 0 Å². The highest BCUT2D eigenvalue weighted by Gasteiger charge is 2.25. The number of oxazole rings is 1. The van der Waals surface area contributed by atoms with Crippen LogP contribution in [-0.2, 0) is 16.1 Å². The number of hydrogen-bond donors (Lipinski definition) is 1. The fourth-order valence-corrected chi connectivity index (χ4v) is 2.75. The summed E-state index contributed by atoms with van der Waals surface area (Å²) in [5.74, 6) is 0.574. The third-order valence-corrected chi connectivity index (χ3v) is 3.59. The number of fused-ring (bicyclic) bond motifs is 1. The van der Waals surface area contributed by atoms with Gasteiger partial charge in [0.25, 0.3) is 0 Å². The summed E-state index contributed by atoms with van der Waals surface area (Å²) in [5, 5.41) is 0. The van der Waals surface area contributed by atoms with Crippen LogP contribution in [0.15, 0.2) is 22.6 Å². The molecule has 2 N–H and O–H groups in total. The van der Waals surface area contributed by atoms with Crippen LogP contribution in [0.25, 0.3) is 11.1 Å². The third-order valence-electron chi connectivity index (χ3n) is 3.59. The van der Waals surface area contributed by atoms with Gasteiger partial charge < -0.3 is 19.6 Å². The predicted molar refractivity (Wildman–Crippen MR) is 76.2 cm³/mol. The minimum Gasteiger partial charge on any atom is -0.438 e. The van der Waals surface area contributed by atoms with Crippen molar-refractivity contribution in [2.45, 2.75) is 51.6 Å². The van der Waals surface area contributed by atoms with Crippen LogP contribution in [0.1, 0.15) is 32.6 Å². The van der Waals surface area contributed by atoms with Gasteiger partial charge in [0.1, 0.15) is 12.1 Å². The van der Waals surface area contributed by atoms with E-state index >= 15 is 0 Å². The minimum atomic E-state index is 0.195. The standard InChI is InChI=1S/C15H20N2O3/c1-9-6-11(7-10(2)19-9)18-8-14-17-15-12(16)4-3-5-13(15)20-14/h3-5,9-11H,6-8,16H2,1-2H3. The lowest BCUT2D eigenvalue weighted by molar-refractivity contribution is -0.108. The van der Waals surface area contributed by atoms with E-state index in [4.69, 9.17) is 19.6 Å². The van der Waals surface area contributed by atoms with Crippen LogP contribution in [0, 0.1) is 0 Å². The van der Waals surface area contributed by atoms with E-state index < -0.39 is 0 Å². The lowest BCUT2D eigenvalue weighted by Crippen LogP contribution is -2.34. The van der Waals surface area contributed by atoms with Crippen LogP contribution >= 0.6 is 0 Å². The summed E-state index contributed by atoms with van der Waals surface area (Å²) in [7, 11) is 0. The number of nitrogens with two attached hydrogens (primary N) is 1. The molecule has 20 heavy (non-hydrogen) atoms. The predicted octanol–water partition coefficient (Wildman–Crippen LogP) is 2.88. The first kappa shape index (κ1) is 13.4. The van der Waals surface area contributed by atoms with Crippen molar-refractivity contribution in [3.63, 3.8) is 0 Å². The molecule has 1 saturated heterocycles. The molecule has 5 nitrogen and oxygen atoms in total. The Morgan fingerprint density at radius 2 is 2.05 bits per heavy atom. The molecule has 2 unspecified atom stereocenters. The van der Waals surface area contributed by atoms with E-state index in [-0.39, 0.29) is 18.3 Å². The molecule has 2 atom stereocenters. The Balaban J connectivity index is 1.66. The molecule has 0 aliphatic carbocycles. The van der Waals surface area contributed by atoms with Crippen molar-refractivity contribution in [1.82, 2.24) is 4.98 Å². The molecule has 0 amide bonds. The summed E-state index contributed by atoms with van der Waals surface area (Å²) in [6.45, 7) is 4.52. The van der Waals surface area contributed by atoms with E-state index in [0.29, 0.717) is 29.3 Å². The summed E-state index contributed by atoms with van der Waals surface area (Å²) in [5.41, 5.74) is 7.91. The van der Waals surface area contributed by atoms with E-state index in [1.165, 1.54) is 0 Å². The van der Waals surface area contributed by atoms with Crippen LogP contribution in [0.4, 0.5) is 5.69 Å². The molecule has 1 aliphatic rings. The van der Waals surface area contributed by atoms with Gasteiger partial charge in [0.2, 0.25) is 5.89 Å². The van der Waals surface area contributed by atoms with E-state index in [9.17, 15) is 0 Å². The number of anilines is 1. The molecule has 0 bridgehead atoms. The number of para-hydroxylation sites is 1. The Kier molecular flexibility index (Phi) is 3.63. The van der Waals surface area contributed by atoms with Gasteiger partial charge in [-0.2, -0.15) is 0 Å². The molecule has 1 aliphatic heterocycles. The van der Waals surface area contributed by atoms with Gasteiger partial charge in [0.15, 0.2) is 5.58 Å². The molecule has 108 valence electrons. The number of ether oxygens (including phenoxy) is 2. The zero-order chi connectivity index (χ0) is 14.1. The van der Waals surface area contributed by atoms with Gasteiger partial charge in [0.05, 0.1) is 24.0 Å². The molecule has 2 aromatic rings. The maximum atomic E-state index is 5.90. The smallest absolute Gasteiger partial charge is 0.221 e. The maximum Gasteiger partial charge on any atom is 0.221 e. The molecule has 1 aromatic heterocycles. The SMILES string of the molecule is CC1CC(OCc2nc3c(N)cccc3o2)CC(C)O1. The molecular weight excluding hydrogens is 256 g/mol. The summed E-state index contributed by atoms with van der Waals surface area (Å²) < 4.78 is 17.2. The zero-order valence-corrected chi connectivity index (χ0v) is 11.8. The molecular formula is C15H20N2O3. The lowest BCUT2D eigenvalue weighted by Gasteiger charge is -2.31.